The number of allylic oxidation sites excluding steroid dienone is 18. The molecule has 0 aromatic heterocycles. The Morgan fingerprint density at radius 1 is 0.292 bits per heavy atom. The zero-order chi connectivity index (χ0) is 52.2. The lowest BCUT2D eigenvalue weighted by atomic mass is 10.0. The Morgan fingerprint density at radius 3 is 0.847 bits per heavy atom. The van der Waals surface area contributed by atoms with Crippen LogP contribution >= 0.6 is 0 Å². The zero-order valence-corrected chi connectivity index (χ0v) is 46.7. The molecule has 408 valence electrons. The Morgan fingerprint density at radius 2 is 0.542 bits per heavy atom. The summed E-state index contributed by atoms with van der Waals surface area (Å²) in [5.74, 6) is -1.21. The molecular weight excluding hydrogens is 889 g/mol. The van der Waals surface area contributed by atoms with E-state index in [4.69, 9.17) is 14.2 Å². The highest BCUT2D eigenvalue weighted by atomic mass is 16.6. The van der Waals surface area contributed by atoms with Gasteiger partial charge in [0.25, 0.3) is 0 Å². The third kappa shape index (κ3) is 56.7. The first-order valence-corrected chi connectivity index (χ1v) is 29.5. The van der Waals surface area contributed by atoms with Gasteiger partial charge in [-0.2, -0.15) is 0 Å². The Kier molecular flexibility index (Phi) is 55.9. The van der Waals surface area contributed by atoms with E-state index in [1.54, 1.807) is 12.2 Å². The molecule has 0 heterocycles. The number of hydrogen-bond acceptors (Lipinski definition) is 6. The largest absolute Gasteiger partial charge is 0.462 e. The number of hydrogen-bond donors (Lipinski definition) is 0. The molecule has 0 rings (SSSR count). The van der Waals surface area contributed by atoms with E-state index in [1.165, 1.54) is 135 Å². The van der Waals surface area contributed by atoms with Crippen molar-refractivity contribution in [2.24, 2.45) is 0 Å². The molecule has 0 spiro atoms. The highest BCUT2D eigenvalue weighted by Gasteiger charge is 2.19. The molecule has 0 aromatic rings. The summed E-state index contributed by atoms with van der Waals surface area (Å²) in [6.45, 7) is 6.25. The van der Waals surface area contributed by atoms with Crippen molar-refractivity contribution in [3.8, 4) is 0 Å². The van der Waals surface area contributed by atoms with E-state index in [9.17, 15) is 14.4 Å². The highest BCUT2D eigenvalue weighted by molar-refractivity contribution is 5.72. The van der Waals surface area contributed by atoms with Gasteiger partial charge in [-0.15, -0.1) is 0 Å². The average Bonchev–Trinajstić information content (AvgIpc) is 3.38. The molecule has 1 unspecified atom stereocenters. The van der Waals surface area contributed by atoms with Gasteiger partial charge in [0.15, 0.2) is 6.10 Å². The zero-order valence-electron chi connectivity index (χ0n) is 46.7. The van der Waals surface area contributed by atoms with Crippen LogP contribution < -0.4 is 0 Å². The summed E-state index contributed by atoms with van der Waals surface area (Å²) in [6, 6.07) is 0. The average molecular weight is 998 g/mol. The van der Waals surface area contributed by atoms with Gasteiger partial charge in [0.2, 0.25) is 0 Å². The number of carbonyl (C=O) groups is 3. The normalized spacial score (nSPS) is 13.0. The van der Waals surface area contributed by atoms with E-state index in [2.05, 4.69) is 118 Å². The fourth-order valence-electron chi connectivity index (χ4n) is 7.95. The van der Waals surface area contributed by atoms with Crippen molar-refractivity contribution in [2.75, 3.05) is 13.2 Å². The molecular formula is C66H108O6. The van der Waals surface area contributed by atoms with Gasteiger partial charge in [0.05, 0.1) is 12.8 Å². The minimum atomic E-state index is -0.874. The molecule has 0 amide bonds. The molecule has 0 aliphatic heterocycles. The maximum Gasteiger partial charge on any atom is 0.310 e. The van der Waals surface area contributed by atoms with E-state index in [0.29, 0.717) is 12.8 Å². The number of rotatable bonds is 52. The lowest BCUT2D eigenvalue weighted by Crippen LogP contribution is -2.30. The van der Waals surface area contributed by atoms with Crippen molar-refractivity contribution in [3.05, 3.63) is 122 Å². The van der Waals surface area contributed by atoms with Crippen molar-refractivity contribution in [1.82, 2.24) is 0 Å². The van der Waals surface area contributed by atoms with E-state index in [1.807, 2.05) is 12.2 Å². The van der Waals surface area contributed by atoms with E-state index >= 15 is 0 Å². The van der Waals surface area contributed by atoms with Gasteiger partial charge >= 0.3 is 17.9 Å². The van der Waals surface area contributed by atoms with Crippen molar-refractivity contribution >= 4 is 17.9 Å². The fraction of sp³-hybridized carbons (Fsp3) is 0.652. The minimum absolute atomic E-state index is 0.0749. The fourth-order valence-corrected chi connectivity index (χ4v) is 7.95. The standard InChI is InChI=1S/C66H108O6/c1-4-7-10-13-16-19-22-25-28-29-30-31-32-33-34-35-36-39-41-44-47-50-53-56-59-65(68)71-62-63(72-66(69)60-57-54-51-48-45-42-38-27-24-21-18-15-12-9-6-3)61-70-64(67)58-55-52-49-46-43-40-37-26-23-20-17-14-11-8-5-2/h8-9,11-12,17-18,20-21,26-27,37-38,43,45-46,48,52,54-55,57,63H,4-7,10,13-16,19,22-25,28-36,39-42,44,47,49-51,53,56,58-62H2,1-3H3/b11-8-,12-9-,20-17-,21-18-,37-26-,38-27-,46-43-,48-45-,55-52-,57-54-. The molecule has 0 saturated heterocycles. The summed E-state index contributed by atoms with van der Waals surface area (Å²) in [7, 11) is 0. The van der Waals surface area contributed by atoms with E-state index in [0.717, 1.165) is 77.0 Å². The summed E-state index contributed by atoms with van der Waals surface area (Å²) in [5, 5.41) is 0. The van der Waals surface area contributed by atoms with Crippen LogP contribution in [0.5, 0.6) is 0 Å². The molecule has 0 aliphatic carbocycles. The Hall–Kier alpha value is -4.19. The van der Waals surface area contributed by atoms with Crippen LogP contribution in [0.2, 0.25) is 0 Å². The van der Waals surface area contributed by atoms with Crippen LogP contribution in [-0.2, 0) is 28.6 Å². The molecule has 0 N–H and O–H groups in total. The van der Waals surface area contributed by atoms with E-state index in [-0.39, 0.29) is 32.0 Å². The minimum Gasteiger partial charge on any atom is -0.462 e. The predicted octanol–water partition coefficient (Wildman–Crippen LogP) is 20.0. The van der Waals surface area contributed by atoms with Crippen molar-refractivity contribution < 1.29 is 28.6 Å². The topological polar surface area (TPSA) is 78.9 Å². The van der Waals surface area contributed by atoms with Gasteiger partial charge in [-0.3, -0.25) is 14.4 Å². The first-order valence-electron chi connectivity index (χ1n) is 29.5. The number of unbranched alkanes of at least 4 members (excludes halogenated alkanes) is 23. The van der Waals surface area contributed by atoms with Crippen LogP contribution in [0.25, 0.3) is 0 Å². The second-order valence-corrected chi connectivity index (χ2v) is 19.2. The van der Waals surface area contributed by atoms with Crippen LogP contribution in [0.15, 0.2) is 122 Å². The Labute approximate surface area is 443 Å². The van der Waals surface area contributed by atoms with Crippen molar-refractivity contribution in [2.45, 2.75) is 264 Å². The number of esters is 3. The van der Waals surface area contributed by atoms with Crippen LogP contribution in [0.4, 0.5) is 0 Å². The maximum absolute atomic E-state index is 12.8. The molecule has 72 heavy (non-hydrogen) atoms. The Bertz CT molecular complexity index is 1520. The molecule has 0 saturated carbocycles. The molecule has 0 bridgehead atoms. The SMILES string of the molecule is CC/C=C\C/C=C\C/C=C\C/C=C\C/C=C\CC(=O)OCC(COC(=O)CCCCCCCCCCCCCCCCCCCCCCCCCC)OC(=O)C/C=C\C/C=C\C/C=C\C/C=C\C/C=C\CC. The van der Waals surface area contributed by atoms with Gasteiger partial charge in [-0.05, 0) is 70.6 Å². The molecule has 1 atom stereocenters. The third-order valence-corrected chi connectivity index (χ3v) is 12.3. The predicted molar refractivity (Wildman–Crippen MR) is 311 cm³/mol. The second kappa shape index (κ2) is 59.4. The summed E-state index contributed by atoms with van der Waals surface area (Å²) in [6.07, 6.45) is 82.6. The summed E-state index contributed by atoms with van der Waals surface area (Å²) >= 11 is 0. The molecule has 0 radical (unpaired) electrons. The Balaban J connectivity index is 4.45. The molecule has 6 nitrogen and oxygen atoms in total. The van der Waals surface area contributed by atoms with Gasteiger partial charge in [0.1, 0.15) is 13.2 Å². The molecule has 0 fully saturated rings. The quantitative estimate of drug-likeness (QED) is 0.0261. The van der Waals surface area contributed by atoms with Crippen molar-refractivity contribution in [1.29, 1.82) is 0 Å². The van der Waals surface area contributed by atoms with Crippen LogP contribution in [0, 0.1) is 0 Å². The maximum atomic E-state index is 12.8. The van der Waals surface area contributed by atoms with Crippen LogP contribution in [0.1, 0.15) is 258 Å². The first kappa shape index (κ1) is 67.8. The van der Waals surface area contributed by atoms with E-state index < -0.39 is 18.0 Å². The molecule has 0 aliphatic rings. The summed E-state index contributed by atoms with van der Waals surface area (Å²) in [4.78, 5) is 38.0. The van der Waals surface area contributed by atoms with Gasteiger partial charge < -0.3 is 14.2 Å². The molecule has 0 aromatic carbocycles. The lowest BCUT2D eigenvalue weighted by molar-refractivity contribution is -0.166. The monoisotopic (exact) mass is 997 g/mol. The summed E-state index contributed by atoms with van der Waals surface area (Å²) < 4.78 is 16.6. The lowest BCUT2D eigenvalue weighted by Gasteiger charge is -2.17. The second-order valence-electron chi connectivity index (χ2n) is 19.2. The smallest absolute Gasteiger partial charge is 0.310 e. The molecule has 6 heteroatoms. The highest BCUT2D eigenvalue weighted by Crippen LogP contribution is 2.16. The number of ether oxygens (including phenoxy) is 3. The number of carbonyl (C=O) groups excluding carboxylic acids is 3. The summed E-state index contributed by atoms with van der Waals surface area (Å²) in [5.41, 5.74) is 0. The third-order valence-electron chi connectivity index (χ3n) is 12.3. The van der Waals surface area contributed by atoms with Crippen LogP contribution in [0.3, 0.4) is 0 Å². The van der Waals surface area contributed by atoms with Crippen molar-refractivity contribution in [3.63, 3.8) is 0 Å². The van der Waals surface area contributed by atoms with Gasteiger partial charge in [-0.25, -0.2) is 0 Å². The van der Waals surface area contributed by atoms with Crippen LogP contribution in [-0.4, -0.2) is 37.2 Å². The van der Waals surface area contributed by atoms with Gasteiger partial charge in [0, 0.05) is 6.42 Å². The first-order chi connectivity index (χ1) is 35.5. The van der Waals surface area contributed by atoms with Gasteiger partial charge in [-0.1, -0.05) is 290 Å².